The molecular weight excluding hydrogens is 286 g/mol. The Morgan fingerprint density at radius 3 is 2.70 bits per heavy atom. The maximum absolute atomic E-state index is 5.33. The first-order valence-corrected chi connectivity index (χ1v) is 7.46. The summed E-state index contributed by atoms with van der Waals surface area (Å²) in [6.07, 6.45) is 3.47. The van der Waals surface area contributed by atoms with Crippen LogP contribution < -0.4 is 0 Å². The van der Waals surface area contributed by atoms with Gasteiger partial charge < -0.3 is 9.82 Å². The molecule has 0 amide bonds. The molecule has 4 aromatic rings. The summed E-state index contributed by atoms with van der Waals surface area (Å²) in [6.45, 7) is 0.451. The Morgan fingerprint density at radius 2 is 1.78 bits per heavy atom. The quantitative estimate of drug-likeness (QED) is 0.452. The van der Waals surface area contributed by atoms with E-state index in [2.05, 4.69) is 27.3 Å². The van der Waals surface area contributed by atoms with Crippen molar-refractivity contribution in [2.24, 2.45) is 5.16 Å². The second kappa shape index (κ2) is 5.93. The molecule has 0 fully saturated rings. The second-order valence-corrected chi connectivity index (χ2v) is 5.32. The Morgan fingerprint density at radius 1 is 0.957 bits per heavy atom. The molecule has 112 valence electrons. The Hall–Kier alpha value is -3.14. The van der Waals surface area contributed by atoms with Gasteiger partial charge in [-0.1, -0.05) is 53.7 Å². The van der Waals surface area contributed by atoms with E-state index in [1.165, 1.54) is 5.39 Å². The molecule has 4 nitrogen and oxygen atoms in total. The fourth-order valence-electron chi connectivity index (χ4n) is 2.61. The van der Waals surface area contributed by atoms with Crippen molar-refractivity contribution in [3.63, 3.8) is 0 Å². The Balaban J connectivity index is 1.54. The zero-order valence-corrected chi connectivity index (χ0v) is 12.4. The largest absolute Gasteiger partial charge is 0.391 e. The number of rotatable bonds is 4. The smallest absolute Gasteiger partial charge is 0.142 e. The number of nitrogens with one attached hydrogen (secondary N) is 1. The molecule has 2 aromatic heterocycles. The maximum atomic E-state index is 5.33. The molecule has 2 aromatic carbocycles. The van der Waals surface area contributed by atoms with Crippen LogP contribution in [0, 0.1) is 0 Å². The fourth-order valence-corrected chi connectivity index (χ4v) is 2.61. The molecule has 0 aliphatic rings. The van der Waals surface area contributed by atoms with Crippen LogP contribution in [0.1, 0.15) is 11.3 Å². The van der Waals surface area contributed by atoms with Crippen molar-refractivity contribution in [2.75, 3.05) is 0 Å². The number of aromatic amines is 1. The van der Waals surface area contributed by atoms with Crippen molar-refractivity contribution in [1.29, 1.82) is 0 Å². The number of hydrogen-bond donors (Lipinski definition) is 1. The average molecular weight is 301 g/mol. The van der Waals surface area contributed by atoms with Crippen molar-refractivity contribution < 1.29 is 4.84 Å². The van der Waals surface area contributed by atoms with Gasteiger partial charge in [-0.15, -0.1) is 0 Å². The van der Waals surface area contributed by atoms with Crippen molar-refractivity contribution in [3.05, 3.63) is 78.1 Å². The van der Waals surface area contributed by atoms with Gasteiger partial charge in [0.1, 0.15) is 6.61 Å². The fraction of sp³-hybridized carbons (Fsp3) is 0.0526. The second-order valence-electron chi connectivity index (χ2n) is 5.32. The Bertz CT molecular complexity index is 974. The minimum atomic E-state index is 0.451. The number of para-hydroxylation sites is 1. The number of nitrogens with zero attached hydrogens (tertiary/aromatic N) is 2. The van der Waals surface area contributed by atoms with E-state index < -0.39 is 0 Å². The van der Waals surface area contributed by atoms with E-state index in [4.69, 9.17) is 4.84 Å². The highest BCUT2D eigenvalue weighted by Gasteiger charge is 2.04. The summed E-state index contributed by atoms with van der Waals surface area (Å²) in [6, 6.07) is 20.2. The lowest BCUT2D eigenvalue weighted by Crippen LogP contribution is -1.90. The molecule has 4 heteroatoms. The first-order valence-electron chi connectivity index (χ1n) is 7.46. The lowest BCUT2D eigenvalue weighted by Gasteiger charge is -1.99. The molecule has 4 rings (SSSR count). The van der Waals surface area contributed by atoms with E-state index in [-0.39, 0.29) is 0 Å². The molecule has 1 N–H and O–H groups in total. The molecular formula is C19H15N3O. The lowest BCUT2D eigenvalue weighted by molar-refractivity contribution is 0.132. The predicted octanol–water partition coefficient (Wildman–Crippen LogP) is 4.27. The zero-order chi connectivity index (χ0) is 15.5. The first kappa shape index (κ1) is 13.5. The van der Waals surface area contributed by atoms with Gasteiger partial charge in [-0.3, -0.25) is 4.98 Å². The van der Waals surface area contributed by atoms with Crippen LogP contribution in [0.25, 0.3) is 21.8 Å². The van der Waals surface area contributed by atoms with Gasteiger partial charge in [-0.2, -0.15) is 0 Å². The van der Waals surface area contributed by atoms with Gasteiger partial charge in [0.2, 0.25) is 0 Å². The predicted molar refractivity (Wildman–Crippen MR) is 92.4 cm³/mol. The number of aromatic nitrogens is 2. The van der Waals surface area contributed by atoms with Crippen molar-refractivity contribution >= 4 is 28.0 Å². The molecule has 0 aliphatic heterocycles. The molecule has 0 radical (unpaired) electrons. The minimum Gasteiger partial charge on any atom is -0.391 e. The number of fused-ring (bicyclic) bond motifs is 3. The molecule has 0 saturated heterocycles. The summed E-state index contributed by atoms with van der Waals surface area (Å²) in [5.74, 6) is 0. The standard InChI is InChI=1S/C19H15N3O/c1-2-6-14(7-3-1)13-23-21-11-15-10-17-16-8-4-5-9-18(16)22-19(17)12-20-15/h1-12,22H,13H2. The van der Waals surface area contributed by atoms with Gasteiger partial charge in [0.25, 0.3) is 0 Å². The lowest BCUT2D eigenvalue weighted by atomic mass is 10.2. The van der Waals surface area contributed by atoms with Gasteiger partial charge in [-0.05, 0) is 17.7 Å². The monoisotopic (exact) mass is 301 g/mol. The van der Waals surface area contributed by atoms with E-state index >= 15 is 0 Å². The minimum absolute atomic E-state index is 0.451. The van der Waals surface area contributed by atoms with Crippen molar-refractivity contribution in [1.82, 2.24) is 9.97 Å². The summed E-state index contributed by atoms with van der Waals surface area (Å²) < 4.78 is 0. The molecule has 0 aliphatic carbocycles. The zero-order valence-electron chi connectivity index (χ0n) is 12.4. The van der Waals surface area contributed by atoms with Crippen LogP contribution in [-0.4, -0.2) is 16.2 Å². The molecule has 0 atom stereocenters. The van der Waals surface area contributed by atoms with Gasteiger partial charge >= 0.3 is 0 Å². The van der Waals surface area contributed by atoms with E-state index in [1.807, 2.05) is 54.7 Å². The van der Waals surface area contributed by atoms with Crippen LogP contribution in [0.5, 0.6) is 0 Å². The maximum Gasteiger partial charge on any atom is 0.142 e. The third-order valence-corrected chi connectivity index (χ3v) is 3.75. The highest BCUT2D eigenvalue weighted by atomic mass is 16.6. The van der Waals surface area contributed by atoms with Gasteiger partial charge in [0.15, 0.2) is 0 Å². The Kier molecular flexibility index (Phi) is 3.48. The molecule has 23 heavy (non-hydrogen) atoms. The average Bonchev–Trinajstić information content (AvgIpc) is 2.98. The highest BCUT2D eigenvalue weighted by molar-refractivity contribution is 6.07. The SMILES string of the molecule is C(=NOCc1ccccc1)c1cc2c(cn1)[nH]c1ccccc12. The molecule has 0 unspecified atom stereocenters. The number of oxime groups is 1. The van der Waals surface area contributed by atoms with E-state index in [9.17, 15) is 0 Å². The third-order valence-electron chi connectivity index (χ3n) is 3.75. The molecule has 0 bridgehead atoms. The summed E-state index contributed by atoms with van der Waals surface area (Å²) in [5, 5.41) is 6.33. The highest BCUT2D eigenvalue weighted by Crippen LogP contribution is 2.24. The van der Waals surface area contributed by atoms with Crippen molar-refractivity contribution in [2.45, 2.75) is 6.61 Å². The summed E-state index contributed by atoms with van der Waals surface area (Å²) in [4.78, 5) is 13.1. The molecule has 2 heterocycles. The van der Waals surface area contributed by atoms with Crippen LogP contribution >= 0.6 is 0 Å². The van der Waals surface area contributed by atoms with E-state index in [1.54, 1.807) is 6.21 Å². The third kappa shape index (κ3) is 2.79. The molecule has 0 spiro atoms. The van der Waals surface area contributed by atoms with Crippen LogP contribution in [-0.2, 0) is 11.4 Å². The van der Waals surface area contributed by atoms with Gasteiger partial charge in [0.05, 0.1) is 23.6 Å². The van der Waals surface area contributed by atoms with E-state index in [0.29, 0.717) is 6.61 Å². The topological polar surface area (TPSA) is 50.3 Å². The van der Waals surface area contributed by atoms with Gasteiger partial charge in [0, 0.05) is 16.3 Å². The normalized spacial score (nSPS) is 11.5. The number of pyridine rings is 1. The van der Waals surface area contributed by atoms with Gasteiger partial charge in [-0.25, -0.2) is 0 Å². The summed E-state index contributed by atoms with van der Waals surface area (Å²) in [7, 11) is 0. The van der Waals surface area contributed by atoms with Crippen LogP contribution in [0.3, 0.4) is 0 Å². The molecule has 0 saturated carbocycles. The number of hydrogen-bond acceptors (Lipinski definition) is 3. The first-order chi connectivity index (χ1) is 11.4. The van der Waals surface area contributed by atoms with Crippen LogP contribution in [0.2, 0.25) is 0 Å². The summed E-state index contributed by atoms with van der Waals surface area (Å²) in [5.41, 5.74) is 3.99. The number of benzene rings is 2. The number of H-pyrrole nitrogens is 1. The Labute approximate surface area is 133 Å². The van der Waals surface area contributed by atoms with E-state index in [0.717, 1.165) is 27.7 Å². The van der Waals surface area contributed by atoms with Crippen LogP contribution in [0.4, 0.5) is 0 Å². The van der Waals surface area contributed by atoms with Crippen molar-refractivity contribution in [3.8, 4) is 0 Å². The summed E-state index contributed by atoms with van der Waals surface area (Å²) >= 11 is 0. The van der Waals surface area contributed by atoms with Crippen LogP contribution in [0.15, 0.2) is 72.0 Å².